The van der Waals surface area contributed by atoms with E-state index in [-0.39, 0.29) is 39.5 Å². The highest BCUT2D eigenvalue weighted by Gasteiger charge is 2.31. The number of sulfonamides is 1. The average Bonchev–Trinajstić information content (AvgIpc) is 3.37. The van der Waals surface area contributed by atoms with E-state index in [0.29, 0.717) is 23.4 Å². The van der Waals surface area contributed by atoms with Gasteiger partial charge in [0.2, 0.25) is 15.9 Å². The molecule has 0 unspecified atom stereocenters. The van der Waals surface area contributed by atoms with Gasteiger partial charge in [0.15, 0.2) is 5.69 Å². The van der Waals surface area contributed by atoms with E-state index in [9.17, 15) is 27.5 Å². The van der Waals surface area contributed by atoms with Crippen LogP contribution < -0.4 is 14.8 Å². The van der Waals surface area contributed by atoms with Crippen molar-refractivity contribution in [2.75, 3.05) is 5.32 Å². The number of benzene rings is 2. The number of nitrogens with one attached hydrogen (secondary N) is 2. The summed E-state index contributed by atoms with van der Waals surface area (Å²) in [6, 6.07) is 12.4. The molecular formula is C25H21FN4O6S2. The van der Waals surface area contributed by atoms with Gasteiger partial charge in [0.1, 0.15) is 16.5 Å². The summed E-state index contributed by atoms with van der Waals surface area (Å²) in [6.07, 6.45) is 1.39. The Morgan fingerprint density at radius 3 is 2.53 bits per heavy atom. The van der Waals surface area contributed by atoms with Crippen molar-refractivity contribution in [3.8, 4) is 17.3 Å². The van der Waals surface area contributed by atoms with Crippen molar-refractivity contribution >= 4 is 38.9 Å². The van der Waals surface area contributed by atoms with Crippen LogP contribution in [0.3, 0.4) is 0 Å². The maximum Gasteiger partial charge on any atom is 0.356 e. The number of carbonyl (C=O) groups is 2. The predicted molar refractivity (Wildman–Crippen MR) is 137 cm³/mol. The van der Waals surface area contributed by atoms with Crippen LogP contribution in [0, 0.1) is 12.7 Å². The summed E-state index contributed by atoms with van der Waals surface area (Å²) in [7, 11) is -4.08. The molecule has 13 heteroatoms. The Kier molecular flexibility index (Phi) is 6.73. The van der Waals surface area contributed by atoms with Crippen LogP contribution in [0.2, 0.25) is 0 Å². The lowest BCUT2D eigenvalue weighted by Crippen LogP contribution is -2.26. The molecule has 2 aromatic carbocycles. The first kappa shape index (κ1) is 25.6. The quantitative estimate of drug-likeness (QED) is 0.274. The number of carbonyl (C=O) groups excluding carboxylic acids is 1. The highest BCUT2D eigenvalue weighted by molar-refractivity contribution is 7.89. The van der Waals surface area contributed by atoms with Crippen LogP contribution in [0.4, 0.5) is 10.1 Å². The number of nitrogens with zero attached hydrogens (tertiary/aromatic N) is 2. The number of rotatable bonds is 9. The summed E-state index contributed by atoms with van der Waals surface area (Å²) in [5, 5.41) is 18.1. The number of carboxylic acids is 1. The van der Waals surface area contributed by atoms with Gasteiger partial charge in [0.25, 0.3) is 5.91 Å². The number of halogens is 1. The number of thiophene rings is 1. The lowest BCUT2D eigenvalue weighted by molar-refractivity contribution is 0.0689. The van der Waals surface area contributed by atoms with Crippen LogP contribution >= 0.6 is 11.3 Å². The minimum atomic E-state index is -4.08. The van der Waals surface area contributed by atoms with Crippen molar-refractivity contribution in [1.29, 1.82) is 0 Å². The number of carboxylic acid groups (broad SMARTS) is 1. The fraction of sp³-hybridized carbons (Fsp3) is 0.160. The summed E-state index contributed by atoms with van der Waals surface area (Å²) in [6.45, 7) is 1.47. The first-order valence-corrected chi connectivity index (χ1v) is 13.8. The fourth-order valence-corrected chi connectivity index (χ4v) is 5.71. The third-order valence-electron chi connectivity index (χ3n) is 5.68. The van der Waals surface area contributed by atoms with Gasteiger partial charge in [-0.2, -0.15) is 9.78 Å². The molecule has 38 heavy (non-hydrogen) atoms. The van der Waals surface area contributed by atoms with E-state index in [0.717, 1.165) is 4.68 Å². The van der Waals surface area contributed by atoms with Gasteiger partial charge in [-0.05, 0) is 73.7 Å². The largest absolute Gasteiger partial charge is 0.476 e. The molecule has 4 aromatic rings. The second kappa shape index (κ2) is 10.0. The maximum absolute atomic E-state index is 13.5. The van der Waals surface area contributed by atoms with Gasteiger partial charge in [0.05, 0.1) is 10.6 Å². The zero-order valence-electron chi connectivity index (χ0n) is 19.8. The Morgan fingerprint density at radius 1 is 1.16 bits per heavy atom. The first-order chi connectivity index (χ1) is 18.1. The lowest BCUT2D eigenvalue weighted by atomic mass is 10.2. The molecule has 0 bridgehead atoms. The third kappa shape index (κ3) is 5.30. The maximum atomic E-state index is 13.5. The molecule has 5 rings (SSSR count). The molecule has 1 aliphatic rings. The van der Waals surface area contributed by atoms with Crippen molar-refractivity contribution in [1.82, 2.24) is 14.5 Å². The molecule has 2 heterocycles. The van der Waals surface area contributed by atoms with Crippen molar-refractivity contribution in [3.63, 3.8) is 0 Å². The van der Waals surface area contributed by atoms with E-state index in [2.05, 4.69) is 15.1 Å². The smallest absolute Gasteiger partial charge is 0.356 e. The zero-order valence-corrected chi connectivity index (χ0v) is 21.5. The van der Waals surface area contributed by atoms with Crippen molar-refractivity contribution in [2.24, 2.45) is 0 Å². The molecule has 2 aromatic heterocycles. The van der Waals surface area contributed by atoms with Crippen LogP contribution in [0.15, 0.2) is 64.9 Å². The van der Waals surface area contributed by atoms with Crippen molar-refractivity contribution in [3.05, 3.63) is 81.9 Å². The van der Waals surface area contributed by atoms with E-state index in [1.165, 1.54) is 60.7 Å². The molecule has 10 nitrogen and oxygen atoms in total. The minimum absolute atomic E-state index is 0.0627. The number of ether oxygens (including phenoxy) is 1. The highest BCUT2D eigenvalue weighted by atomic mass is 32.2. The van der Waals surface area contributed by atoms with Crippen LogP contribution in [0.5, 0.6) is 11.6 Å². The van der Waals surface area contributed by atoms with E-state index < -0.39 is 27.7 Å². The fourth-order valence-electron chi connectivity index (χ4n) is 3.63. The highest BCUT2D eigenvalue weighted by Crippen LogP contribution is 2.36. The summed E-state index contributed by atoms with van der Waals surface area (Å²) in [4.78, 5) is 24.5. The van der Waals surface area contributed by atoms with Gasteiger partial charge in [-0.15, -0.1) is 11.3 Å². The summed E-state index contributed by atoms with van der Waals surface area (Å²) >= 11 is 1.24. The molecular weight excluding hydrogens is 535 g/mol. The second-order valence-electron chi connectivity index (χ2n) is 8.56. The molecule has 0 spiro atoms. The second-order valence-corrected chi connectivity index (χ2v) is 11.2. The number of hydrogen-bond acceptors (Lipinski definition) is 7. The van der Waals surface area contributed by atoms with E-state index in [1.807, 2.05) is 0 Å². The molecule has 0 atom stereocenters. The molecule has 1 fully saturated rings. The summed E-state index contributed by atoms with van der Waals surface area (Å²) < 4.78 is 49.9. The standard InChI is InChI=1S/C25H21FN4O6S2/c1-14-22(25(32)33)28-30(18-9-4-15(26)5-10-18)24(14)36-19-11-8-17(27-23(31)20-3-2-12-37-20)13-21(19)38(34,35)29-16-6-7-16/h2-5,8-13,16,29H,6-7H2,1H3,(H,27,31)(H,32,33). The minimum Gasteiger partial charge on any atom is -0.476 e. The SMILES string of the molecule is Cc1c(C(=O)O)nn(-c2ccc(F)cc2)c1Oc1ccc(NC(=O)c2cccs2)cc1S(=O)(=O)NC1CC1. The number of anilines is 1. The molecule has 1 saturated carbocycles. The molecule has 1 amide bonds. The number of hydrogen-bond donors (Lipinski definition) is 3. The Labute approximate surface area is 220 Å². The normalized spacial score (nSPS) is 13.3. The number of amides is 1. The topological polar surface area (TPSA) is 140 Å². The number of aromatic nitrogens is 2. The Hall–Kier alpha value is -4.07. The Bertz CT molecular complexity index is 1630. The van der Waals surface area contributed by atoms with Crippen LogP contribution in [0.25, 0.3) is 5.69 Å². The monoisotopic (exact) mass is 556 g/mol. The zero-order chi connectivity index (χ0) is 27.0. The van der Waals surface area contributed by atoms with Crippen LogP contribution in [0.1, 0.15) is 38.6 Å². The predicted octanol–water partition coefficient (Wildman–Crippen LogP) is 4.56. The van der Waals surface area contributed by atoms with Gasteiger partial charge < -0.3 is 15.2 Å². The number of aromatic carboxylic acids is 1. The average molecular weight is 557 g/mol. The van der Waals surface area contributed by atoms with Crippen molar-refractivity contribution < 1.29 is 32.2 Å². The van der Waals surface area contributed by atoms with Gasteiger partial charge in [-0.3, -0.25) is 4.79 Å². The van der Waals surface area contributed by atoms with E-state index in [4.69, 9.17) is 4.74 Å². The Balaban J connectivity index is 1.58. The van der Waals surface area contributed by atoms with Gasteiger partial charge in [-0.1, -0.05) is 6.07 Å². The molecule has 0 radical (unpaired) electrons. The van der Waals surface area contributed by atoms with Gasteiger partial charge in [-0.25, -0.2) is 22.3 Å². The van der Waals surface area contributed by atoms with E-state index >= 15 is 0 Å². The van der Waals surface area contributed by atoms with Crippen molar-refractivity contribution in [2.45, 2.75) is 30.7 Å². The molecule has 196 valence electrons. The summed E-state index contributed by atoms with van der Waals surface area (Å²) in [5.74, 6) is -2.40. The molecule has 0 saturated heterocycles. The lowest BCUT2D eigenvalue weighted by Gasteiger charge is -2.16. The molecule has 3 N–H and O–H groups in total. The van der Waals surface area contributed by atoms with Gasteiger partial charge in [0, 0.05) is 17.3 Å². The van der Waals surface area contributed by atoms with E-state index in [1.54, 1.807) is 17.5 Å². The third-order valence-corrected chi connectivity index (χ3v) is 8.09. The Morgan fingerprint density at radius 2 is 1.89 bits per heavy atom. The van der Waals surface area contributed by atoms with Gasteiger partial charge >= 0.3 is 5.97 Å². The summed E-state index contributed by atoms with van der Waals surface area (Å²) in [5.41, 5.74) is 0.347. The first-order valence-electron chi connectivity index (χ1n) is 11.4. The molecule has 0 aliphatic heterocycles. The molecule has 1 aliphatic carbocycles. The van der Waals surface area contributed by atoms with Crippen LogP contribution in [-0.4, -0.2) is 41.2 Å². The van der Waals surface area contributed by atoms with Crippen LogP contribution in [-0.2, 0) is 10.0 Å².